The van der Waals surface area contributed by atoms with Gasteiger partial charge in [0.05, 0.1) is 13.7 Å². The molecule has 2 amide bonds. The molecule has 3 aromatic rings. The Morgan fingerprint density at radius 1 is 1.26 bits per heavy atom. The third kappa shape index (κ3) is 4.07. The fraction of sp³-hybridized carbons (Fsp3) is 0.273. The lowest BCUT2D eigenvalue weighted by Crippen LogP contribution is -2.45. The Kier molecular flexibility index (Phi) is 5.57. The fourth-order valence-corrected chi connectivity index (χ4v) is 3.73. The second kappa shape index (κ2) is 8.47. The van der Waals surface area contributed by atoms with Crippen LogP contribution in [0.5, 0.6) is 5.75 Å². The minimum Gasteiger partial charge on any atom is -0.488 e. The molecule has 0 saturated heterocycles. The molecule has 0 saturated carbocycles. The fourth-order valence-electron chi connectivity index (χ4n) is 3.73. The highest BCUT2D eigenvalue weighted by molar-refractivity contribution is 6.01. The molecular weight excluding hydrogens is 400 g/mol. The van der Waals surface area contributed by atoms with E-state index in [4.69, 9.17) is 10.5 Å². The van der Waals surface area contributed by atoms with E-state index in [9.17, 15) is 14.4 Å². The largest absolute Gasteiger partial charge is 0.488 e. The van der Waals surface area contributed by atoms with Gasteiger partial charge in [0.15, 0.2) is 0 Å². The van der Waals surface area contributed by atoms with E-state index in [1.807, 2.05) is 28.9 Å². The van der Waals surface area contributed by atoms with Crippen LogP contribution in [-0.4, -0.2) is 45.2 Å². The van der Waals surface area contributed by atoms with Gasteiger partial charge in [-0.3, -0.25) is 14.4 Å². The number of aromatic nitrogens is 2. The van der Waals surface area contributed by atoms with Crippen molar-refractivity contribution in [3.05, 3.63) is 65.6 Å². The van der Waals surface area contributed by atoms with Gasteiger partial charge in [-0.05, 0) is 24.6 Å². The van der Waals surface area contributed by atoms with E-state index < -0.39 is 17.9 Å². The van der Waals surface area contributed by atoms with E-state index in [0.29, 0.717) is 23.5 Å². The molecule has 1 atom stereocenters. The number of hydrogen-bond acceptors (Lipinski definition) is 6. The van der Waals surface area contributed by atoms with E-state index in [-0.39, 0.29) is 25.3 Å². The summed E-state index contributed by atoms with van der Waals surface area (Å²) in [5.74, 6) is -0.875. The summed E-state index contributed by atoms with van der Waals surface area (Å²) in [5.41, 5.74) is 8.47. The standard InChI is InChI=1S/C22H22N4O5/c1-30-20(27)8-6-17(21(23)28)26-12-16-15(22(26)29)3-2-4-18(16)31-13-14-5-7-19-24-9-10-25(19)11-14/h2-5,7,9-11,17H,6,8,12-13H2,1H3,(H2,23,28). The molecular formula is C22H22N4O5. The molecule has 0 bridgehead atoms. The maximum Gasteiger partial charge on any atom is 0.305 e. The molecule has 4 rings (SSSR count). The topological polar surface area (TPSA) is 116 Å². The van der Waals surface area contributed by atoms with Crippen molar-refractivity contribution in [2.24, 2.45) is 5.73 Å². The Morgan fingerprint density at radius 2 is 2.10 bits per heavy atom. The van der Waals surface area contributed by atoms with E-state index in [1.54, 1.807) is 24.4 Å². The quantitative estimate of drug-likeness (QED) is 0.552. The molecule has 9 nitrogen and oxygen atoms in total. The third-order valence-electron chi connectivity index (χ3n) is 5.35. The normalized spacial score (nSPS) is 13.8. The van der Waals surface area contributed by atoms with Gasteiger partial charge in [0.1, 0.15) is 24.0 Å². The van der Waals surface area contributed by atoms with Crippen LogP contribution in [0.25, 0.3) is 5.65 Å². The van der Waals surface area contributed by atoms with Crippen molar-refractivity contribution in [3.63, 3.8) is 0 Å². The van der Waals surface area contributed by atoms with Crippen molar-refractivity contribution >= 4 is 23.4 Å². The number of amides is 2. The summed E-state index contributed by atoms with van der Waals surface area (Å²) >= 11 is 0. The molecule has 0 radical (unpaired) electrons. The monoisotopic (exact) mass is 422 g/mol. The van der Waals surface area contributed by atoms with Gasteiger partial charge >= 0.3 is 5.97 Å². The Morgan fingerprint density at radius 3 is 2.87 bits per heavy atom. The Hall–Kier alpha value is -3.88. The first-order valence-corrected chi connectivity index (χ1v) is 9.81. The lowest BCUT2D eigenvalue weighted by atomic mass is 10.1. The summed E-state index contributed by atoms with van der Waals surface area (Å²) in [6, 6.07) is 8.15. The number of fused-ring (bicyclic) bond motifs is 2. The maximum absolute atomic E-state index is 12.9. The van der Waals surface area contributed by atoms with Crippen molar-refractivity contribution < 1.29 is 23.9 Å². The Labute approximate surface area is 178 Å². The molecule has 0 spiro atoms. The van der Waals surface area contributed by atoms with Crippen molar-refractivity contribution in [2.75, 3.05) is 7.11 Å². The zero-order chi connectivity index (χ0) is 22.0. The Balaban J connectivity index is 1.51. The van der Waals surface area contributed by atoms with Crippen LogP contribution in [0.4, 0.5) is 0 Å². The highest BCUT2D eigenvalue weighted by Crippen LogP contribution is 2.33. The molecule has 1 aliphatic heterocycles. The number of ether oxygens (including phenoxy) is 2. The molecule has 2 aromatic heterocycles. The molecule has 1 aromatic carbocycles. The van der Waals surface area contributed by atoms with Crippen LogP contribution in [-0.2, 0) is 27.5 Å². The van der Waals surface area contributed by atoms with Crippen LogP contribution in [0.3, 0.4) is 0 Å². The highest BCUT2D eigenvalue weighted by atomic mass is 16.5. The third-order valence-corrected chi connectivity index (χ3v) is 5.35. The van der Waals surface area contributed by atoms with Gasteiger partial charge in [0.2, 0.25) is 5.91 Å². The van der Waals surface area contributed by atoms with E-state index in [1.165, 1.54) is 12.0 Å². The molecule has 160 valence electrons. The average molecular weight is 422 g/mol. The number of carbonyl (C=O) groups excluding carboxylic acids is 3. The van der Waals surface area contributed by atoms with Gasteiger partial charge in [0.25, 0.3) is 5.91 Å². The van der Waals surface area contributed by atoms with Crippen LogP contribution in [0.15, 0.2) is 48.9 Å². The van der Waals surface area contributed by atoms with Crippen molar-refractivity contribution in [3.8, 4) is 5.75 Å². The summed E-state index contributed by atoms with van der Waals surface area (Å²) < 4.78 is 12.5. The van der Waals surface area contributed by atoms with Crippen LogP contribution >= 0.6 is 0 Å². The first-order chi connectivity index (χ1) is 15.0. The molecule has 1 unspecified atom stereocenters. The van der Waals surface area contributed by atoms with Gasteiger partial charge in [-0.1, -0.05) is 12.1 Å². The number of hydrogen-bond donors (Lipinski definition) is 1. The first-order valence-electron chi connectivity index (χ1n) is 9.81. The highest BCUT2D eigenvalue weighted by Gasteiger charge is 2.37. The predicted molar refractivity (Wildman–Crippen MR) is 110 cm³/mol. The average Bonchev–Trinajstić information content (AvgIpc) is 3.36. The van der Waals surface area contributed by atoms with Crippen LogP contribution in [0.1, 0.15) is 34.3 Å². The predicted octanol–water partition coefficient (Wildman–Crippen LogP) is 1.68. The van der Waals surface area contributed by atoms with Crippen LogP contribution < -0.4 is 10.5 Å². The zero-order valence-corrected chi connectivity index (χ0v) is 17.0. The number of nitrogens with zero attached hydrogens (tertiary/aromatic N) is 3. The molecule has 9 heteroatoms. The second-order valence-electron chi connectivity index (χ2n) is 7.27. The number of benzene rings is 1. The zero-order valence-electron chi connectivity index (χ0n) is 17.0. The SMILES string of the molecule is COC(=O)CCC(C(N)=O)N1Cc2c(OCc3ccc4nccn4c3)cccc2C1=O. The minimum absolute atomic E-state index is 0.00961. The number of nitrogens with two attached hydrogens (primary N) is 1. The number of primary amides is 1. The van der Waals surface area contributed by atoms with Gasteiger partial charge in [0, 0.05) is 41.7 Å². The number of imidazole rings is 1. The van der Waals surface area contributed by atoms with Gasteiger partial charge in [-0.15, -0.1) is 0 Å². The van der Waals surface area contributed by atoms with E-state index >= 15 is 0 Å². The van der Waals surface area contributed by atoms with Crippen molar-refractivity contribution in [1.29, 1.82) is 0 Å². The van der Waals surface area contributed by atoms with Crippen LogP contribution in [0, 0.1) is 0 Å². The molecule has 31 heavy (non-hydrogen) atoms. The summed E-state index contributed by atoms with van der Waals surface area (Å²) in [7, 11) is 1.27. The number of methoxy groups -OCH3 is 1. The summed E-state index contributed by atoms with van der Waals surface area (Å²) in [4.78, 5) is 42.0. The molecule has 3 heterocycles. The van der Waals surface area contributed by atoms with Crippen LogP contribution in [0.2, 0.25) is 0 Å². The van der Waals surface area contributed by atoms with Crippen molar-refractivity contribution in [2.45, 2.75) is 32.0 Å². The summed E-state index contributed by atoms with van der Waals surface area (Å²) in [5, 5.41) is 0. The molecule has 0 aliphatic carbocycles. The lowest BCUT2D eigenvalue weighted by Gasteiger charge is -2.24. The van der Waals surface area contributed by atoms with E-state index in [0.717, 1.165) is 11.2 Å². The van der Waals surface area contributed by atoms with Crippen molar-refractivity contribution in [1.82, 2.24) is 14.3 Å². The second-order valence-corrected chi connectivity index (χ2v) is 7.27. The number of pyridine rings is 1. The lowest BCUT2D eigenvalue weighted by molar-refractivity contribution is -0.141. The number of esters is 1. The number of rotatable bonds is 8. The Bertz CT molecular complexity index is 1160. The molecule has 1 aliphatic rings. The molecule has 0 fully saturated rings. The maximum atomic E-state index is 12.9. The first kappa shape index (κ1) is 20.4. The minimum atomic E-state index is -0.907. The van der Waals surface area contributed by atoms with Gasteiger partial charge in [-0.25, -0.2) is 4.98 Å². The summed E-state index contributed by atoms with van der Waals surface area (Å²) in [6.45, 7) is 0.486. The number of carbonyl (C=O) groups is 3. The summed E-state index contributed by atoms with van der Waals surface area (Å²) in [6.07, 6.45) is 5.60. The van der Waals surface area contributed by atoms with Gasteiger partial charge in [-0.2, -0.15) is 0 Å². The smallest absolute Gasteiger partial charge is 0.305 e. The van der Waals surface area contributed by atoms with E-state index in [2.05, 4.69) is 9.72 Å². The van der Waals surface area contributed by atoms with Gasteiger partial charge < -0.3 is 24.5 Å². The molecule has 2 N–H and O–H groups in total.